The topological polar surface area (TPSA) is 55.6 Å². The van der Waals surface area contributed by atoms with Gasteiger partial charge in [-0.3, -0.25) is 4.79 Å². The summed E-state index contributed by atoms with van der Waals surface area (Å²) in [5, 5.41) is 0. The molecular formula is C15H22N2O2. The summed E-state index contributed by atoms with van der Waals surface area (Å²) in [4.78, 5) is 14.0. The van der Waals surface area contributed by atoms with Crippen molar-refractivity contribution >= 4 is 5.91 Å². The van der Waals surface area contributed by atoms with Gasteiger partial charge in [0.2, 0.25) is 5.91 Å². The highest BCUT2D eigenvalue weighted by atomic mass is 16.5. The summed E-state index contributed by atoms with van der Waals surface area (Å²) in [6, 6.07) is 8.05. The van der Waals surface area contributed by atoms with Crippen LogP contribution in [0.5, 0.6) is 5.75 Å². The summed E-state index contributed by atoms with van der Waals surface area (Å²) in [6.07, 6.45) is 1.44. The van der Waals surface area contributed by atoms with E-state index in [0.29, 0.717) is 13.0 Å². The Bertz CT molecular complexity index is 448. The summed E-state index contributed by atoms with van der Waals surface area (Å²) in [5.41, 5.74) is 6.97. The van der Waals surface area contributed by atoms with Crippen LogP contribution in [0.3, 0.4) is 0 Å². The molecule has 0 radical (unpaired) electrons. The minimum Gasteiger partial charge on any atom is -0.497 e. The van der Waals surface area contributed by atoms with Crippen LogP contribution in [0.4, 0.5) is 0 Å². The van der Waals surface area contributed by atoms with Crippen molar-refractivity contribution in [1.29, 1.82) is 0 Å². The Morgan fingerprint density at radius 3 is 3.00 bits per heavy atom. The summed E-state index contributed by atoms with van der Waals surface area (Å²) < 4.78 is 5.21. The number of nitrogens with zero attached hydrogens (tertiary/aromatic N) is 1. The van der Waals surface area contributed by atoms with Crippen molar-refractivity contribution in [3.63, 3.8) is 0 Å². The lowest BCUT2D eigenvalue weighted by Crippen LogP contribution is -2.32. The van der Waals surface area contributed by atoms with E-state index in [9.17, 15) is 4.79 Å². The van der Waals surface area contributed by atoms with E-state index in [1.807, 2.05) is 29.2 Å². The lowest BCUT2D eigenvalue weighted by Gasteiger charge is -2.19. The van der Waals surface area contributed by atoms with Crippen molar-refractivity contribution in [3.8, 4) is 5.75 Å². The number of rotatable bonds is 4. The van der Waals surface area contributed by atoms with Gasteiger partial charge in [0, 0.05) is 25.6 Å². The molecule has 4 nitrogen and oxygen atoms in total. The minimum absolute atomic E-state index is 0.149. The third kappa shape index (κ3) is 3.47. The number of likely N-dealkylation sites (tertiary alicyclic amines) is 1. The SMILES string of the molecule is COc1cccc([C@@H](C)CC(=O)N2CC[C@H](N)C2)c1. The van der Waals surface area contributed by atoms with E-state index < -0.39 is 0 Å². The maximum absolute atomic E-state index is 12.2. The Labute approximate surface area is 114 Å². The van der Waals surface area contributed by atoms with E-state index in [0.717, 1.165) is 24.3 Å². The van der Waals surface area contributed by atoms with Crippen molar-refractivity contribution in [2.75, 3.05) is 20.2 Å². The summed E-state index contributed by atoms with van der Waals surface area (Å²) in [5.74, 6) is 1.22. The minimum atomic E-state index is 0.149. The van der Waals surface area contributed by atoms with Crippen LogP contribution in [0.25, 0.3) is 0 Å². The molecule has 1 aliphatic heterocycles. The van der Waals surface area contributed by atoms with Crippen molar-refractivity contribution in [3.05, 3.63) is 29.8 Å². The fourth-order valence-corrected chi connectivity index (χ4v) is 2.47. The Balaban J connectivity index is 1.96. The standard InChI is InChI=1S/C15H22N2O2/c1-11(12-4-3-5-14(9-12)19-2)8-15(18)17-7-6-13(16)10-17/h3-5,9,11,13H,6-8,10,16H2,1-2H3/t11-,13-/m0/s1. The first-order valence-corrected chi connectivity index (χ1v) is 6.77. The van der Waals surface area contributed by atoms with E-state index in [-0.39, 0.29) is 17.9 Å². The Morgan fingerprint density at radius 1 is 1.58 bits per heavy atom. The molecule has 2 N–H and O–H groups in total. The van der Waals surface area contributed by atoms with Crippen LogP contribution in [-0.2, 0) is 4.79 Å². The van der Waals surface area contributed by atoms with Gasteiger partial charge >= 0.3 is 0 Å². The van der Waals surface area contributed by atoms with Crippen LogP contribution < -0.4 is 10.5 Å². The molecule has 1 saturated heterocycles. The molecule has 0 unspecified atom stereocenters. The molecule has 104 valence electrons. The lowest BCUT2D eigenvalue weighted by molar-refractivity contribution is -0.130. The maximum atomic E-state index is 12.2. The number of ether oxygens (including phenoxy) is 1. The average Bonchev–Trinajstić information content (AvgIpc) is 2.85. The van der Waals surface area contributed by atoms with Crippen molar-refractivity contribution < 1.29 is 9.53 Å². The second-order valence-electron chi connectivity index (χ2n) is 5.27. The quantitative estimate of drug-likeness (QED) is 0.899. The molecule has 1 aromatic carbocycles. The Kier molecular flexibility index (Phi) is 4.43. The van der Waals surface area contributed by atoms with Gasteiger partial charge in [0.15, 0.2) is 0 Å². The molecule has 1 aromatic rings. The van der Waals surface area contributed by atoms with Gasteiger partial charge in [-0.05, 0) is 30.0 Å². The molecule has 1 amide bonds. The van der Waals surface area contributed by atoms with Crippen LogP contribution in [0.1, 0.15) is 31.2 Å². The monoisotopic (exact) mass is 262 g/mol. The van der Waals surface area contributed by atoms with Crippen molar-refractivity contribution in [2.45, 2.75) is 31.7 Å². The third-order valence-corrected chi connectivity index (χ3v) is 3.72. The highest BCUT2D eigenvalue weighted by Crippen LogP contribution is 2.24. The second-order valence-corrected chi connectivity index (χ2v) is 5.27. The second kappa shape index (κ2) is 6.06. The van der Waals surface area contributed by atoms with Crippen LogP contribution in [-0.4, -0.2) is 37.0 Å². The predicted octanol–water partition coefficient (Wildman–Crippen LogP) is 1.75. The summed E-state index contributed by atoms with van der Waals surface area (Å²) >= 11 is 0. The highest BCUT2D eigenvalue weighted by Gasteiger charge is 2.24. The Hall–Kier alpha value is -1.55. The molecule has 0 aliphatic carbocycles. The highest BCUT2D eigenvalue weighted by molar-refractivity contribution is 5.77. The number of benzene rings is 1. The number of hydrogen-bond acceptors (Lipinski definition) is 3. The Morgan fingerprint density at radius 2 is 2.37 bits per heavy atom. The van der Waals surface area contributed by atoms with E-state index >= 15 is 0 Å². The van der Waals surface area contributed by atoms with Crippen molar-refractivity contribution in [2.24, 2.45) is 5.73 Å². The zero-order chi connectivity index (χ0) is 13.8. The average molecular weight is 262 g/mol. The fraction of sp³-hybridized carbons (Fsp3) is 0.533. The first-order chi connectivity index (χ1) is 9.10. The fourth-order valence-electron chi connectivity index (χ4n) is 2.47. The zero-order valence-corrected chi connectivity index (χ0v) is 11.6. The summed E-state index contributed by atoms with van der Waals surface area (Å²) in [7, 11) is 1.65. The van der Waals surface area contributed by atoms with Crippen LogP contribution in [0, 0.1) is 0 Å². The van der Waals surface area contributed by atoms with E-state index in [4.69, 9.17) is 10.5 Å². The molecule has 1 fully saturated rings. The largest absolute Gasteiger partial charge is 0.497 e. The predicted molar refractivity (Wildman–Crippen MR) is 75.2 cm³/mol. The number of hydrogen-bond donors (Lipinski definition) is 1. The first-order valence-electron chi connectivity index (χ1n) is 6.77. The molecule has 19 heavy (non-hydrogen) atoms. The van der Waals surface area contributed by atoms with E-state index in [2.05, 4.69) is 6.92 Å². The molecule has 2 rings (SSSR count). The molecule has 4 heteroatoms. The molecule has 0 saturated carbocycles. The van der Waals surface area contributed by atoms with Gasteiger partial charge in [0.05, 0.1) is 7.11 Å². The molecule has 0 bridgehead atoms. The molecule has 0 aromatic heterocycles. The van der Waals surface area contributed by atoms with Crippen LogP contribution >= 0.6 is 0 Å². The molecule has 2 atom stereocenters. The molecule has 0 spiro atoms. The number of amides is 1. The number of nitrogens with two attached hydrogens (primary N) is 1. The lowest BCUT2D eigenvalue weighted by atomic mass is 9.97. The molecular weight excluding hydrogens is 240 g/mol. The first kappa shape index (κ1) is 13.9. The maximum Gasteiger partial charge on any atom is 0.223 e. The van der Waals surface area contributed by atoms with Gasteiger partial charge in [0.1, 0.15) is 5.75 Å². The van der Waals surface area contributed by atoms with Gasteiger partial charge < -0.3 is 15.4 Å². The third-order valence-electron chi connectivity index (χ3n) is 3.72. The van der Waals surface area contributed by atoms with Crippen molar-refractivity contribution in [1.82, 2.24) is 4.90 Å². The van der Waals surface area contributed by atoms with Crippen LogP contribution in [0.2, 0.25) is 0 Å². The van der Waals surface area contributed by atoms with Gasteiger partial charge in [-0.2, -0.15) is 0 Å². The molecule has 1 heterocycles. The summed E-state index contributed by atoms with van der Waals surface area (Å²) in [6.45, 7) is 3.57. The molecule has 1 aliphatic rings. The van der Waals surface area contributed by atoms with Gasteiger partial charge in [-0.15, -0.1) is 0 Å². The zero-order valence-electron chi connectivity index (χ0n) is 11.6. The van der Waals surface area contributed by atoms with Crippen LogP contribution in [0.15, 0.2) is 24.3 Å². The van der Waals surface area contributed by atoms with E-state index in [1.54, 1.807) is 7.11 Å². The number of methoxy groups -OCH3 is 1. The number of carbonyl (C=O) groups is 1. The van der Waals surface area contributed by atoms with Gasteiger partial charge in [-0.1, -0.05) is 19.1 Å². The van der Waals surface area contributed by atoms with Gasteiger partial charge in [-0.25, -0.2) is 0 Å². The van der Waals surface area contributed by atoms with E-state index in [1.165, 1.54) is 0 Å². The van der Waals surface area contributed by atoms with Gasteiger partial charge in [0.25, 0.3) is 0 Å². The smallest absolute Gasteiger partial charge is 0.223 e. The normalized spacial score (nSPS) is 20.4. The number of carbonyl (C=O) groups excluding carboxylic acids is 1.